The maximum absolute atomic E-state index is 9.73. The monoisotopic (exact) mass is 182 g/mol. The van der Waals surface area contributed by atoms with Crippen molar-refractivity contribution in [2.75, 3.05) is 5.33 Å². The van der Waals surface area contributed by atoms with Gasteiger partial charge in [-0.2, -0.15) is 0 Å². The number of hydrogen-bond donors (Lipinski definition) is 1. The molecule has 0 aliphatic heterocycles. The van der Waals surface area contributed by atoms with Crippen LogP contribution in [0.25, 0.3) is 0 Å². The van der Waals surface area contributed by atoms with Crippen LogP contribution in [0.3, 0.4) is 0 Å². The van der Waals surface area contributed by atoms with Crippen molar-refractivity contribution in [3.05, 3.63) is 0 Å². The van der Waals surface area contributed by atoms with Crippen LogP contribution in [0.15, 0.2) is 0 Å². The molecule has 4 heteroatoms. The highest BCUT2D eigenvalue weighted by molar-refractivity contribution is 9.09. The summed E-state index contributed by atoms with van der Waals surface area (Å²) >= 11 is 3.05. The van der Waals surface area contributed by atoms with E-state index in [-0.39, 0.29) is 6.10 Å². The molecule has 1 atom stereocenters. The summed E-state index contributed by atoms with van der Waals surface area (Å²) in [5.41, 5.74) is 0. The highest BCUT2D eigenvalue weighted by Gasteiger charge is 2.02. The van der Waals surface area contributed by atoms with Crippen molar-refractivity contribution in [1.82, 2.24) is 0 Å². The molecule has 0 saturated heterocycles. The highest BCUT2D eigenvalue weighted by atomic mass is 79.9. The summed E-state index contributed by atoms with van der Waals surface area (Å²) < 4.78 is 4.27. The number of carboxylic acid groups (broad SMARTS) is 1. The number of alkyl halides is 1. The van der Waals surface area contributed by atoms with Crippen molar-refractivity contribution in [2.45, 2.75) is 13.0 Å². The summed E-state index contributed by atoms with van der Waals surface area (Å²) in [6, 6.07) is 0. The van der Waals surface area contributed by atoms with Gasteiger partial charge in [0.05, 0.1) is 0 Å². The van der Waals surface area contributed by atoms with Gasteiger partial charge in [-0.05, 0) is 6.92 Å². The molecule has 0 aliphatic rings. The number of hydrogen-bond acceptors (Lipinski definition) is 2. The van der Waals surface area contributed by atoms with E-state index in [0.717, 1.165) is 0 Å². The van der Waals surface area contributed by atoms with Gasteiger partial charge in [-0.15, -0.1) is 0 Å². The van der Waals surface area contributed by atoms with Crippen LogP contribution in [0.4, 0.5) is 4.79 Å². The van der Waals surface area contributed by atoms with E-state index in [1.54, 1.807) is 6.92 Å². The van der Waals surface area contributed by atoms with E-state index in [4.69, 9.17) is 5.11 Å². The second-order valence-electron chi connectivity index (χ2n) is 1.35. The Morgan fingerprint density at radius 2 is 2.50 bits per heavy atom. The zero-order valence-corrected chi connectivity index (χ0v) is 6.01. The van der Waals surface area contributed by atoms with Gasteiger partial charge < -0.3 is 9.84 Å². The van der Waals surface area contributed by atoms with Crippen molar-refractivity contribution < 1.29 is 14.6 Å². The quantitative estimate of drug-likeness (QED) is 0.520. The maximum atomic E-state index is 9.73. The maximum Gasteiger partial charge on any atom is 0.506 e. The molecule has 0 aliphatic carbocycles. The topological polar surface area (TPSA) is 46.5 Å². The van der Waals surface area contributed by atoms with Crippen LogP contribution < -0.4 is 0 Å². The molecule has 0 aromatic carbocycles. The van der Waals surface area contributed by atoms with Gasteiger partial charge in [-0.25, -0.2) is 4.79 Å². The molecular formula is C4H7BrO3. The third kappa shape index (κ3) is 3.92. The minimum absolute atomic E-state index is 0.257. The van der Waals surface area contributed by atoms with Crippen molar-refractivity contribution >= 4 is 22.1 Å². The van der Waals surface area contributed by atoms with Crippen LogP contribution in [-0.2, 0) is 4.74 Å². The predicted octanol–water partition coefficient (Wildman–Crippen LogP) is 1.46. The van der Waals surface area contributed by atoms with E-state index in [2.05, 4.69) is 20.7 Å². The molecule has 1 N–H and O–H groups in total. The summed E-state index contributed by atoms with van der Waals surface area (Å²) in [6.45, 7) is 1.67. The molecule has 48 valence electrons. The lowest BCUT2D eigenvalue weighted by atomic mass is 10.5. The lowest BCUT2D eigenvalue weighted by Gasteiger charge is -2.03. The summed E-state index contributed by atoms with van der Waals surface area (Å²) in [5, 5.41) is 8.51. The summed E-state index contributed by atoms with van der Waals surface area (Å²) in [5.74, 6) is 0. The Hall–Kier alpha value is -0.250. The van der Waals surface area contributed by atoms with E-state index >= 15 is 0 Å². The molecule has 3 nitrogen and oxygen atoms in total. The number of rotatable bonds is 2. The SMILES string of the molecule is CC(CBr)OC(=O)O. The number of carbonyl (C=O) groups is 1. The first kappa shape index (κ1) is 7.75. The molecule has 0 aromatic heterocycles. The highest BCUT2D eigenvalue weighted by Crippen LogP contribution is 1.94. The van der Waals surface area contributed by atoms with Crippen LogP contribution in [0, 0.1) is 0 Å². The van der Waals surface area contributed by atoms with Crippen LogP contribution in [-0.4, -0.2) is 22.7 Å². The minimum atomic E-state index is -1.23. The normalized spacial score (nSPS) is 12.8. The molecule has 0 rings (SSSR count). The van der Waals surface area contributed by atoms with Crippen LogP contribution >= 0.6 is 15.9 Å². The van der Waals surface area contributed by atoms with E-state index in [0.29, 0.717) is 5.33 Å². The molecule has 8 heavy (non-hydrogen) atoms. The Morgan fingerprint density at radius 1 is 2.00 bits per heavy atom. The molecule has 0 fully saturated rings. The number of ether oxygens (including phenoxy) is 1. The fourth-order valence-corrected chi connectivity index (χ4v) is 0.336. The average Bonchev–Trinajstić information content (AvgIpc) is 1.65. The molecule has 0 aromatic rings. The second-order valence-corrected chi connectivity index (χ2v) is 2.00. The van der Waals surface area contributed by atoms with Gasteiger partial charge in [0.1, 0.15) is 6.10 Å². The van der Waals surface area contributed by atoms with E-state index in [1.807, 2.05) is 0 Å². The number of halogens is 1. The molecule has 0 radical (unpaired) electrons. The molecule has 0 saturated carbocycles. The fraction of sp³-hybridized carbons (Fsp3) is 0.750. The summed E-state index contributed by atoms with van der Waals surface area (Å²) in [4.78, 5) is 9.73. The standard InChI is InChI=1S/C4H7BrO3/c1-3(2-5)8-4(6)7/h3H,2H2,1H3,(H,6,7). The molecule has 0 spiro atoms. The molecular weight excluding hydrogens is 176 g/mol. The minimum Gasteiger partial charge on any atom is -0.450 e. The lowest BCUT2D eigenvalue weighted by molar-refractivity contribution is 0.0680. The fourth-order valence-electron chi connectivity index (χ4n) is 0.204. The smallest absolute Gasteiger partial charge is 0.450 e. The zero-order chi connectivity index (χ0) is 6.57. The molecule has 1 unspecified atom stereocenters. The summed E-state index contributed by atoms with van der Waals surface area (Å²) in [7, 11) is 0. The van der Waals surface area contributed by atoms with E-state index in [1.165, 1.54) is 0 Å². The Balaban J connectivity index is 3.24. The predicted molar refractivity (Wildman–Crippen MR) is 32.4 cm³/mol. The third-order valence-electron chi connectivity index (χ3n) is 0.519. The van der Waals surface area contributed by atoms with E-state index < -0.39 is 6.16 Å². The first-order chi connectivity index (χ1) is 3.66. The zero-order valence-electron chi connectivity index (χ0n) is 4.43. The van der Waals surface area contributed by atoms with Gasteiger partial charge in [0.25, 0.3) is 0 Å². The van der Waals surface area contributed by atoms with Gasteiger partial charge in [-0.1, -0.05) is 15.9 Å². The Morgan fingerprint density at radius 3 is 2.62 bits per heavy atom. The van der Waals surface area contributed by atoms with Crippen molar-refractivity contribution in [1.29, 1.82) is 0 Å². The second kappa shape index (κ2) is 3.72. The van der Waals surface area contributed by atoms with Crippen LogP contribution in [0.1, 0.15) is 6.92 Å². The van der Waals surface area contributed by atoms with Crippen LogP contribution in [0.5, 0.6) is 0 Å². The largest absolute Gasteiger partial charge is 0.506 e. The van der Waals surface area contributed by atoms with Crippen molar-refractivity contribution in [2.24, 2.45) is 0 Å². The van der Waals surface area contributed by atoms with Gasteiger partial charge in [0, 0.05) is 5.33 Å². The first-order valence-corrected chi connectivity index (χ1v) is 3.24. The van der Waals surface area contributed by atoms with Crippen molar-refractivity contribution in [3.63, 3.8) is 0 Å². The van der Waals surface area contributed by atoms with Gasteiger partial charge in [0.15, 0.2) is 0 Å². The first-order valence-electron chi connectivity index (χ1n) is 2.12. The molecule has 0 amide bonds. The average molecular weight is 183 g/mol. The van der Waals surface area contributed by atoms with E-state index in [9.17, 15) is 4.79 Å². The van der Waals surface area contributed by atoms with Crippen LogP contribution in [0.2, 0.25) is 0 Å². The molecule has 0 heterocycles. The van der Waals surface area contributed by atoms with Gasteiger partial charge in [0.2, 0.25) is 0 Å². The lowest BCUT2D eigenvalue weighted by Crippen LogP contribution is -2.13. The Bertz CT molecular complexity index is 83.4. The summed E-state index contributed by atoms with van der Waals surface area (Å²) in [6.07, 6.45) is -1.48. The Labute approximate surface area is 55.8 Å². The van der Waals surface area contributed by atoms with Gasteiger partial charge in [-0.3, -0.25) is 0 Å². The van der Waals surface area contributed by atoms with Gasteiger partial charge >= 0.3 is 6.16 Å². The Kier molecular flexibility index (Phi) is 3.60. The third-order valence-corrected chi connectivity index (χ3v) is 1.43. The van der Waals surface area contributed by atoms with Crippen molar-refractivity contribution in [3.8, 4) is 0 Å². The molecule has 0 bridgehead atoms.